The van der Waals surface area contributed by atoms with E-state index in [-0.39, 0.29) is 10.1 Å². The molecule has 0 spiro atoms. The minimum Gasteiger partial charge on any atom is -0.480 e. The lowest BCUT2D eigenvalue weighted by molar-refractivity contribution is -0.140. The van der Waals surface area contributed by atoms with Gasteiger partial charge in [0.2, 0.25) is 0 Å². The van der Waals surface area contributed by atoms with Crippen LogP contribution in [0.25, 0.3) is 0 Å². The highest BCUT2D eigenvalue weighted by Gasteiger charge is 2.29. The summed E-state index contributed by atoms with van der Waals surface area (Å²) in [4.78, 5) is 11.9. The molecule has 1 aromatic heterocycles. The van der Waals surface area contributed by atoms with E-state index < -0.39 is 22.0 Å². The van der Waals surface area contributed by atoms with Gasteiger partial charge in [0.05, 0.1) is 0 Å². The van der Waals surface area contributed by atoms with Gasteiger partial charge in [-0.25, -0.2) is 8.42 Å². The summed E-state index contributed by atoms with van der Waals surface area (Å²) in [5.41, 5.74) is 0.637. The van der Waals surface area contributed by atoms with Crippen molar-refractivity contribution in [2.45, 2.75) is 37.9 Å². The highest BCUT2D eigenvalue weighted by atomic mass is 32.2. The smallest absolute Gasteiger partial charge is 0.322 e. The van der Waals surface area contributed by atoms with Crippen LogP contribution in [-0.2, 0) is 14.8 Å². The van der Waals surface area contributed by atoms with Crippen molar-refractivity contribution in [2.24, 2.45) is 5.92 Å². The zero-order valence-electron chi connectivity index (χ0n) is 10.7. The number of aliphatic carboxylic acids is 1. The second kappa shape index (κ2) is 5.38. The maximum atomic E-state index is 12.1. The number of hydrogen-bond donors (Lipinski definition) is 2. The Morgan fingerprint density at radius 1 is 1.39 bits per heavy atom. The van der Waals surface area contributed by atoms with E-state index in [0.717, 1.165) is 16.2 Å². The zero-order chi connectivity index (χ0) is 14.1. The second-order valence-corrected chi connectivity index (χ2v) is 7.67. The van der Waals surface area contributed by atoms with Crippen molar-refractivity contribution >= 4 is 27.3 Å². The highest BCUT2D eigenvalue weighted by Crippen LogP contribution is 2.26. The molecule has 1 aromatic rings. The van der Waals surface area contributed by atoms with Gasteiger partial charge in [-0.15, -0.1) is 11.3 Å². The zero-order valence-corrected chi connectivity index (χ0v) is 12.4. The number of carbonyl (C=O) groups is 1. The van der Waals surface area contributed by atoms with Crippen molar-refractivity contribution in [3.63, 3.8) is 0 Å². The van der Waals surface area contributed by atoms with Crippen LogP contribution in [-0.4, -0.2) is 25.5 Å². The van der Waals surface area contributed by atoms with Crippen LogP contribution in [0, 0.1) is 19.8 Å². The van der Waals surface area contributed by atoms with E-state index in [0.29, 0.717) is 5.56 Å². The van der Waals surface area contributed by atoms with E-state index in [1.807, 2.05) is 6.92 Å². The molecule has 0 unspecified atom stereocenters. The SMILES string of the molecule is Cc1cc(C)c(S(=O)(=O)N[C@@H](C(=O)O)C(C)C)s1. The lowest BCUT2D eigenvalue weighted by Crippen LogP contribution is -2.44. The van der Waals surface area contributed by atoms with Gasteiger partial charge in [-0.3, -0.25) is 4.79 Å². The molecule has 102 valence electrons. The molecule has 0 saturated carbocycles. The van der Waals surface area contributed by atoms with Gasteiger partial charge in [0.15, 0.2) is 0 Å². The molecule has 0 radical (unpaired) electrons. The number of carboxylic acids is 1. The van der Waals surface area contributed by atoms with E-state index in [1.165, 1.54) is 0 Å². The van der Waals surface area contributed by atoms with Crippen LogP contribution >= 0.6 is 11.3 Å². The number of hydrogen-bond acceptors (Lipinski definition) is 4. The molecule has 7 heteroatoms. The normalized spacial score (nSPS) is 13.8. The molecule has 2 N–H and O–H groups in total. The van der Waals surface area contributed by atoms with Crippen LogP contribution in [0.1, 0.15) is 24.3 Å². The molecule has 0 bridgehead atoms. The summed E-state index contributed by atoms with van der Waals surface area (Å²) < 4.78 is 26.7. The van der Waals surface area contributed by atoms with Crippen LogP contribution in [0.4, 0.5) is 0 Å². The first-order valence-corrected chi connectivity index (χ1v) is 7.77. The number of carboxylic acid groups (broad SMARTS) is 1. The summed E-state index contributed by atoms with van der Waals surface area (Å²) >= 11 is 1.14. The summed E-state index contributed by atoms with van der Waals surface area (Å²) in [6, 6.07) is 0.654. The number of sulfonamides is 1. The van der Waals surface area contributed by atoms with Crippen molar-refractivity contribution in [1.29, 1.82) is 0 Å². The number of thiophene rings is 1. The Balaban J connectivity index is 3.08. The Morgan fingerprint density at radius 3 is 2.28 bits per heavy atom. The predicted octanol–water partition coefficient (Wildman–Crippen LogP) is 1.75. The summed E-state index contributed by atoms with van der Waals surface area (Å²) in [6.45, 7) is 6.83. The van der Waals surface area contributed by atoms with Crippen LogP contribution in [0.15, 0.2) is 10.3 Å². The first-order chi connectivity index (χ1) is 8.15. The minimum atomic E-state index is -3.77. The van der Waals surface area contributed by atoms with Crippen LogP contribution < -0.4 is 4.72 Å². The monoisotopic (exact) mass is 291 g/mol. The first kappa shape index (κ1) is 15.1. The fourth-order valence-electron chi connectivity index (χ4n) is 1.58. The Kier molecular flexibility index (Phi) is 4.52. The molecule has 1 atom stereocenters. The Morgan fingerprint density at radius 2 is 1.94 bits per heavy atom. The van der Waals surface area contributed by atoms with Gasteiger partial charge >= 0.3 is 5.97 Å². The average Bonchev–Trinajstić information content (AvgIpc) is 2.54. The van der Waals surface area contributed by atoms with Crippen LogP contribution in [0.3, 0.4) is 0 Å². The molecular weight excluding hydrogens is 274 g/mol. The topological polar surface area (TPSA) is 83.5 Å². The second-order valence-electron chi connectivity index (χ2n) is 4.51. The summed E-state index contributed by atoms with van der Waals surface area (Å²) in [7, 11) is -3.77. The number of nitrogens with one attached hydrogen (secondary N) is 1. The van der Waals surface area contributed by atoms with Gasteiger partial charge in [0.1, 0.15) is 10.3 Å². The van der Waals surface area contributed by atoms with Crippen LogP contribution in [0.2, 0.25) is 0 Å². The van der Waals surface area contributed by atoms with Gasteiger partial charge in [0.25, 0.3) is 10.0 Å². The van der Waals surface area contributed by atoms with Crippen molar-refractivity contribution in [3.05, 3.63) is 16.5 Å². The molecule has 0 amide bonds. The van der Waals surface area contributed by atoms with Gasteiger partial charge < -0.3 is 5.11 Å². The first-order valence-electron chi connectivity index (χ1n) is 5.47. The van der Waals surface area contributed by atoms with Gasteiger partial charge in [0, 0.05) is 4.88 Å². The molecule has 1 rings (SSSR count). The van der Waals surface area contributed by atoms with Crippen molar-refractivity contribution in [2.75, 3.05) is 0 Å². The third kappa shape index (κ3) is 3.30. The fraction of sp³-hybridized carbons (Fsp3) is 0.545. The third-order valence-electron chi connectivity index (χ3n) is 2.45. The Bertz CT molecular complexity index is 545. The largest absolute Gasteiger partial charge is 0.480 e. The van der Waals surface area contributed by atoms with E-state index >= 15 is 0 Å². The maximum absolute atomic E-state index is 12.1. The number of aryl methyl sites for hydroxylation is 2. The summed E-state index contributed by atoms with van der Waals surface area (Å²) in [6.07, 6.45) is 0. The van der Waals surface area contributed by atoms with E-state index in [1.54, 1.807) is 26.8 Å². The van der Waals surface area contributed by atoms with Crippen LogP contribution in [0.5, 0.6) is 0 Å². The Labute approximate surface area is 111 Å². The molecule has 18 heavy (non-hydrogen) atoms. The number of rotatable bonds is 5. The summed E-state index contributed by atoms with van der Waals surface area (Å²) in [5.74, 6) is -1.49. The quantitative estimate of drug-likeness (QED) is 0.865. The van der Waals surface area contributed by atoms with Gasteiger partial charge in [-0.1, -0.05) is 13.8 Å². The van der Waals surface area contributed by atoms with E-state index in [9.17, 15) is 13.2 Å². The Hall–Kier alpha value is -0.920. The molecule has 0 fully saturated rings. The van der Waals surface area contributed by atoms with E-state index in [2.05, 4.69) is 4.72 Å². The fourth-order valence-corrected chi connectivity index (χ4v) is 4.60. The molecule has 0 saturated heterocycles. The van der Waals surface area contributed by atoms with Crippen molar-refractivity contribution < 1.29 is 18.3 Å². The van der Waals surface area contributed by atoms with Gasteiger partial charge in [-0.2, -0.15) is 4.72 Å². The lowest BCUT2D eigenvalue weighted by Gasteiger charge is -2.17. The average molecular weight is 291 g/mol. The lowest BCUT2D eigenvalue weighted by atomic mass is 10.1. The third-order valence-corrected chi connectivity index (χ3v) is 5.68. The van der Waals surface area contributed by atoms with Gasteiger partial charge in [-0.05, 0) is 31.4 Å². The molecular formula is C11H17NO4S2. The summed E-state index contributed by atoms with van der Waals surface area (Å²) in [5, 5.41) is 9.00. The molecule has 0 aliphatic heterocycles. The maximum Gasteiger partial charge on any atom is 0.322 e. The van der Waals surface area contributed by atoms with Crippen molar-refractivity contribution in [3.8, 4) is 0 Å². The molecule has 5 nitrogen and oxygen atoms in total. The minimum absolute atomic E-state index is 0.187. The molecule has 0 aliphatic rings. The highest BCUT2D eigenvalue weighted by molar-refractivity contribution is 7.91. The molecule has 0 aromatic carbocycles. The predicted molar refractivity (Wildman–Crippen MR) is 70.4 cm³/mol. The molecule has 1 heterocycles. The molecule has 0 aliphatic carbocycles. The van der Waals surface area contributed by atoms with Crippen molar-refractivity contribution in [1.82, 2.24) is 4.72 Å². The van der Waals surface area contributed by atoms with E-state index in [4.69, 9.17) is 5.11 Å². The standard InChI is InChI=1S/C11H17NO4S2/c1-6(2)9(10(13)14)12-18(15,16)11-7(3)5-8(4)17-11/h5-6,9,12H,1-4H3,(H,13,14)/t9-/m1/s1.